The van der Waals surface area contributed by atoms with Crippen molar-refractivity contribution in [2.24, 2.45) is 0 Å². The highest BCUT2D eigenvalue weighted by Crippen LogP contribution is 2.29. The molecule has 1 fully saturated rings. The van der Waals surface area contributed by atoms with E-state index >= 15 is 0 Å². The third-order valence-corrected chi connectivity index (χ3v) is 5.02. The molecule has 8 heteroatoms. The lowest BCUT2D eigenvalue weighted by Crippen LogP contribution is -2.24. The molecule has 1 aromatic heterocycles. The van der Waals surface area contributed by atoms with Crippen LogP contribution in [-0.4, -0.2) is 38.2 Å². The van der Waals surface area contributed by atoms with Gasteiger partial charge in [0.05, 0.1) is 22.0 Å². The Hall–Kier alpha value is -2.09. The molecule has 0 aliphatic heterocycles. The van der Waals surface area contributed by atoms with Gasteiger partial charge < -0.3 is 20.1 Å². The van der Waals surface area contributed by atoms with Gasteiger partial charge in [0.25, 0.3) is 11.8 Å². The van der Waals surface area contributed by atoms with Gasteiger partial charge in [-0.1, -0.05) is 11.6 Å². The van der Waals surface area contributed by atoms with E-state index in [1.807, 2.05) is 0 Å². The zero-order chi connectivity index (χ0) is 18.5. The molecule has 2 N–H and O–H groups in total. The van der Waals surface area contributed by atoms with Gasteiger partial charge >= 0.3 is 0 Å². The number of methoxy groups -OCH3 is 1. The number of thiophene rings is 1. The predicted octanol–water partition coefficient (Wildman–Crippen LogP) is 3.57. The number of ether oxygens (including phenoxy) is 2. The van der Waals surface area contributed by atoms with Crippen molar-refractivity contribution in [3.05, 3.63) is 45.1 Å². The number of carbonyl (C=O) groups excluding carboxylic acids is 2. The minimum atomic E-state index is -0.320. The lowest BCUT2D eigenvalue weighted by atomic mass is 10.3. The number of amides is 2. The molecule has 1 aliphatic carbocycles. The monoisotopic (exact) mass is 394 g/mol. The number of anilines is 1. The Morgan fingerprint density at radius 3 is 2.58 bits per heavy atom. The topological polar surface area (TPSA) is 76.7 Å². The highest BCUT2D eigenvalue weighted by Gasteiger charge is 2.25. The van der Waals surface area contributed by atoms with Crippen LogP contribution in [0, 0.1) is 0 Å². The maximum atomic E-state index is 12.5. The fourth-order valence-electron chi connectivity index (χ4n) is 2.21. The van der Waals surface area contributed by atoms with Crippen LogP contribution in [0.5, 0.6) is 5.75 Å². The number of carbonyl (C=O) groups is 2. The summed E-state index contributed by atoms with van der Waals surface area (Å²) in [7, 11) is 1.58. The molecule has 2 amide bonds. The molecule has 0 saturated heterocycles. The van der Waals surface area contributed by atoms with E-state index in [-0.39, 0.29) is 17.9 Å². The van der Waals surface area contributed by atoms with Gasteiger partial charge in [-0.3, -0.25) is 9.59 Å². The molecule has 6 nitrogen and oxygen atoms in total. The molecule has 26 heavy (non-hydrogen) atoms. The molecule has 0 spiro atoms. The van der Waals surface area contributed by atoms with E-state index in [1.165, 1.54) is 0 Å². The molecule has 0 radical (unpaired) electrons. The van der Waals surface area contributed by atoms with Crippen molar-refractivity contribution in [1.82, 2.24) is 5.32 Å². The summed E-state index contributed by atoms with van der Waals surface area (Å²) >= 11 is 7.18. The first kappa shape index (κ1) is 18.7. The van der Waals surface area contributed by atoms with Gasteiger partial charge in [-0.15, -0.1) is 11.3 Å². The summed E-state index contributed by atoms with van der Waals surface area (Å²) in [5.41, 5.74) is 0.469. The van der Waals surface area contributed by atoms with Crippen molar-refractivity contribution in [3.63, 3.8) is 0 Å². The quantitative estimate of drug-likeness (QED) is 0.671. The molecular formula is C18H19ClN2O4S. The highest BCUT2D eigenvalue weighted by molar-refractivity contribution is 7.16. The predicted molar refractivity (Wildman–Crippen MR) is 102 cm³/mol. The smallest absolute Gasteiger partial charge is 0.265 e. The van der Waals surface area contributed by atoms with Crippen LogP contribution in [0.15, 0.2) is 30.3 Å². The fraction of sp³-hybridized carbons (Fsp3) is 0.333. The molecule has 0 atom stereocenters. The lowest BCUT2D eigenvalue weighted by molar-refractivity contribution is 0.0954. The van der Waals surface area contributed by atoms with Gasteiger partial charge in [0.2, 0.25) is 0 Å². The van der Waals surface area contributed by atoms with E-state index in [9.17, 15) is 9.59 Å². The molecule has 2 aromatic rings. The van der Waals surface area contributed by atoms with Crippen molar-refractivity contribution in [2.45, 2.75) is 18.9 Å². The van der Waals surface area contributed by atoms with E-state index in [4.69, 9.17) is 21.1 Å². The summed E-state index contributed by atoms with van der Waals surface area (Å²) in [5.74, 6) is 0.0466. The Bertz CT molecular complexity index is 804. The van der Waals surface area contributed by atoms with E-state index in [0.717, 1.165) is 24.2 Å². The zero-order valence-corrected chi connectivity index (χ0v) is 15.8. The zero-order valence-electron chi connectivity index (χ0n) is 14.2. The van der Waals surface area contributed by atoms with Gasteiger partial charge in [0, 0.05) is 18.2 Å². The number of nitrogens with one attached hydrogen (secondary N) is 2. The van der Waals surface area contributed by atoms with Crippen molar-refractivity contribution in [2.75, 3.05) is 25.6 Å². The summed E-state index contributed by atoms with van der Waals surface area (Å²) in [5, 5.41) is 6.18. The summed E-state index contributed by atoms with van der Waals surface area (Å²) in [6.07, 6.45) is 2.04. The first-order chi connectivity index (χ1) is 12.6. The summed E-state index contributed by atoms with van der Waals surface area (Å²) < 4.78 is 10.6. The molecule has 0 unspecified atom stereocenters. The third-order valence-electron chi connectivity index (χ3n) is 3.70. The SMILES string of the molecule is COCCOc1ccc(Cl)cc1NC(=O)c1ccc(C(=O)NC2CC2)s1. The van der Waals surface area contributed by atoms with Crippen LogP contribution in [0.1, 0.15) is 32.2 Å². The second-order valence-corrected chi connectivity index (χ2v) is 7.37. The second-order valence-electron chi connectivity index (χ2n) is 5.85. The summed E-state index contributed by atoms with van der Waals surface area (Å²) in [6, 6.07) is 8.57. The molecular weight excluding hydrogens is 376 g/mol. The van der Waals surface area contributed by atoms with Crippen LogP contribution in [0.25, 0.3) is 0 Å². The second kappa shape index (κ2) is 8.53. The van der Waals surface area contributed by atoms with Crippen LogP contribution in [-0.2, 0) is 4.74 Å². The minimum absolute atomic E-state index is 0.136. The van der Waals surface area contributed by atoms with Gasteiger partial charge in [-0.2, -0.15) is 0 Å². The Morgan fingerprint density at radius 2 is 1.88 bits per heavy atom. The standard InChI is InChI=1S/C18H19ClN2O4S/c1-24-8-9-25-14-5-2-11(19)10-13(14)21-18(23)16-7-6-15(26-16)17(22)20-12-3-4-12/h2,5-7,10,12H,3-4,8-9H2,1H3,(H,20,22)(H,21,23). The number of rotatable bonds is 8. The summed E-state index contributed by atoms with van der Waals surface area (Å²) in [4.78, 5) is 25.5. The van der Waals surface area contributed by atoms with E-state index in [0.29, 0.717) is 39.4 Å². The van der Waals surface area contributed by atoms with Crippen molar-refractivity contribution >= 4 is 40.4 Å². The van der Waals surface area contributed by atoms with Crippen LogP contribution >= 0.6 is 22.9 Å². The summed E-state index contributed by atoms with van der Waals surface area (Å²) in [6.45, 7) is 0.784. The molecule has 3 rings (SSSR count). The van der Waals surface area contributed by atoms with E-state index in [2.05, 4.69) is 10.6 Å². The van der Waals surface area contributed by atoms with Gasteiger partial charge in [-0.25, -0.2) is 0 Å². The van der Waals surface area contributed by atoms with Gasteiger partial charge in [0.1, 0.15) is 12.4 Å². The first-order valence-corrected chi connectivity index (χ1v) is 9.39. The molecule has 1 saturated carbocycles. The van der Waals surface area contributed by atoms with E-state index < -0.39 is 0 Å². The van der Waals surface area contributed by atoms with Crippen molar-refractivity contribution in [1.29, 1.82) is 0 Å². The maximum absolute atomic E-state index is 12.5. The molecule has 1 heterocycles. The number of halogens is 1. The Kier molecular flexibility index (Phi) is 6.13. The van der Waals surface area contributed by atoms with E-state index in [1.54, 1.807) is 37.4 Å². The first-order valence-electron chi connectivity index (χ1n) is 8.20. The average molecular weight is 395 g/mol. The molecule has 1 aliphatic rings. The number of benzene rings is 1. The van der Waals surface area contributed by atoms with Crippen LogP contribution in [0.4, 0.5) is 5.69 Å². The van der Waals surface area contributed by atoms with Crippen LogP contribution in [0.3, 0.4) is 0 Å². The fourth-order valence-corrected chi connectivity index (χ4v) is 3.19. The number of hydrogen-bond acceptors (Lipinski definition) is 5. The Labute approximate surface area is 160 Å². The third kappa shape index (κ3) is 4.97. The molecule has 1 aromatic carbocycles. The van der Waals surface area contributed by atoms with Crippen molar-refractivity contribution in [3.8, 4) is 5.75 Å². The molecule has 138 valence electrons. The molecule has 0 bridgehead atoms. The lowest BCUT2D eigenvalue weighted by Gasteiger charge is -2.12. The Balaban J connectivity index is 1.68. The van der Waals surface area contributed by atoms with Gasteiger partial charge in [-0.05, 0) is 43.2 Å². The number of hydrogen-bond donors (Lipinski definition) is 2. The largest absolute Gasteiger partial charge is 0.489 e. The highest BCUT2D eigenvalue weighted by atomic mass is 35.5. The minimum Gasteiger partial charge on any atom is -0.489 e. The Morgan fingerprint density at radius 1 is 1.15 bits per heavy atom. The van der Waals surface area contributed by atoms with Gasteiger partial charge in [0.15, 0.2) is 0 Å². The maximum Gasteiger partial charge on any atom is 0.265 e. The van der Waals surface area contributed by atoms with Crippen LogP contribution in [0.2, 0.25) is 5.02 Å². The van der Waals surface area contributed by atoms with Crippen molar-refractivity contribution < 1.29 is 19.1 Å². The van der Waals surface area contributed by atoms with Crippen LogP contribution < -0.4 is 15.4 Å². The normalized spacial score (nSPS) is 13.3. The average Bonchev–Trinajstić information content (AvgIpc) is 3.28.